The zero-order chi connectivity index (χ0) is 13.2. The van der Waals surface area contributed by atoms with Gasteiger partial charge in [0.1, 0.15) is 5.82 Å². The lowest BCUT2D eigenvalue weighted by atomic mass is 9.96. The van der Waals surface area contributed by atoms with E-state index >= 15 is 0 Å². The van der Waals surface area contributed by atoms with Crippen molar-refractivity contribution in [1.82, 2.24) is 25.8 Å². The molecule has 2 heterocycles. The van der Waals surface area contributed by atoms with Gasteiger partial charge in [-0.3, -0.25) is 9.89 Å². The van der Waals surface area contributed by atoms with Crippen LogP contribution < -0.4 is 10.6 Å². The average Bonchev–Trinajstić information content (AvgIpc) is 2.79. The number of aromatic amines is 1. The molecule has 0 spiro atoms. The van der Waals surface area contributed by atoms with Gasteiger partial charge in [0.25, 0.3) is 5.91 Å². The van der Waals surface area contributed by atoms with E-state index in [2.05, 4.69) is 25.8 Å². The highest BCUT2D eigenvalue weighted by Gasteiger charge is 2.23. The Kier molecular flexibility index (Phi) is 3.65. The molecular formula is C12H21N5O. The molecule has 3 N–H and O–H groups in total. The van der Waals surface area contributed by atoms with Crippen molar-refractivity contribution in [3.8, 4) is 0 Å². The monoisotopic (exact) mass is 251 g/mol. The molecule has 0 saturated carbocycles. The Hall–Kier alpha value is -1.43. The molecule has 0 radical (unpaired) electrons. The van der Waals surface area contributed by atoms with Crippen LogP contribution in [0, 0.1) is 0 Å². The molecule has 0 bridgehead atoms. The van der Waals surface area contributed by atoms with E-state index in [9.17, 15) is 4.79 Å². The SMILES string of the molecule is CC(C)(C)c1nc(C(=O)NC2CCCNC2)n[nH]1. The van der Waals surface area contributed by atoms with Gasteiger partial charge in [-0.1, -0.05) is 20.8 Å². The molecule has 1 fully saturated rings. The number of carbonyl (C=O) groups excluding carboxylic acids is 1. The number of H-pyrrole nitrogens is 1. The van der Waals surface area contributed by atoms with E-state index < -0.39 is 0 Å². The van der Waals surface area contributed by atoms with Gasteiger partial charge in [0, 0.05) is 18.0 Å². The maximum atomic E-state index is 12.0. The predicted molar refractivity (Wildman–Crippen MR) is 68.4 cm³/mol. The number of nitrogens with one attached hydrogen (secondary N) is 3. The highest BCUT2D eigenvalue weighted by molar-refractivity contribution is 5.90. The summed E-state index contributed by atoms with van der Waals surface area (Å²) in [7, 11) is 0. The van der Waals surface area contributed by atoms with Crippen molar-refractivity contribution in [1.29, 1.82) is 0 Å². The Morgan fingerprint density at radius 3 is 2.78 bits per heavy atom. The smallest absolute Gasteiger partial charge is 0.291 e. The van der Waals surface area contributed by atoms with Crippen molar-refractivity contribution in [2.24, 2.45) is 0 Å². The van der Waals surface area contributed by atoms with Crippen LogP contribution in [0.15, 0.2) is 0 Å². The van der Waals surface area contributed by atoms with Crippen molar-refractivity contribution < 1.29 is 4.79 Å². The number of nitrogens with zero attached hydrogens (tertiary/aromatic N) is 2. The number of carbonyl (C=O) groups is 1. The van der Waals surface area contributed by atoms with Crippen LogP contribution in [0.5, 0.6) is 0 Å². The van der Waals surface area contributed by atoms with Gasteiger partial charge in [-0.25, -0.2) is 4.98 Å². The molecule has 100 valence electrons. The van der Waals surface area contributed by atoms with Gasteiger partial charge < -0.3 is 10.6 Å². The second kappa shape index (κ2) is 5.06. The zero-order valence-electron chi connectivity index (χ0n) is 11.2. The Balaban J connectivity index is 1.98. The Labute approximate surface area is 107 Å². The maximum absolute atomic E-state index is 12.0. The Morgan fingerprint density at radius 1 is 1.44 bits per heavy atom. The molecule has 6 heteroatoms. The third-order valence-electron chi connectivity index (χ3n) is 3.03. The first-order valence-electron chi connectivity index (χ1n) is 6.41. The van der Waals surface area contributed by atoms with Crippen LogP contribution in [0.2, 0.25) is 0 Å². The fraction of sp³-hybridized carbons (Fsp3) is 0.750. The molecule has 1 unspecified atom stereocenters. The summed E-state index contributed by atoms with van der Waals surface area (Å²) < 4.78 is 0. The second-order valence-corrected chi connectivity index (χ2v) is 5.77. The number of aromatic nitrogens is 3. The van der Waals surface area contributed by atoms with E-state index in [0.717, 1.165) is 31.8 Å². The summed E-state index contributed by atoms with van der Waals surface area (Å²) in [5.74, 6) is 0.760. The standard InChI is InChI=1S/C12H21N5O/c1-12(2,3)11-15-9(16-17-11)10(18)14-8-5-4-6-13-7-8/h8,13H,4-7H2,1-3H3,(H,14,18)(H,15,16,17). The first kappa shape index (κ1) is 13.0. The first-order valence-corrected chi connectivity index (χ1v) is 6.41. The van der Waals surface area contributed by atoms with Gasteiger partial charge in [-0.05, 0) is 19.4 Å². The van der Waals surface area contributed by atoms with Crippen LogP contribution in [0.25, 0.3) is 0 Å². The summed E-state index contributed by atoms with van der Waals surface area (Å²) in [6.07, 6.45) is 2.10. The summed E-state index contributed by atoms with van der Waals surface area (Å²) in [4.78, 5) is 16.2. The van der Waals surface area contributed by atoms with Crippen molar-refractivity contribution in [2.75, 3.05) is 13.1 Å². The lowest BCUT2D eigenvalue weighted by Crippen LogP contribution is -2.45. The molecule has 1 aliphatic heterocycles. The summed E-state index contributed by atoms with van der Waals surface area (Å²) >= 11 is 0. The van der Waals surface area contributed by atoms with E-state index in [1.54, 1.807) is 0 Å². The summed E-state index contributed by atoms with van der Waals surface area (Å²) in [6.45, 7) is 7.93. The molecule has 1 aliphatic rings. The molecule has 1 atom stereocenters. The largest absolute Gasteiger partial charge is 0.345 e. The van der Waals surface area contributed by atoms with Gasteiger partial charge in [-0.2, -0.15) is 0 Å². The topological polar surface area (TPSA) is 82.7 Å². The van der Waals surface area contributed by atoms with Crippen LogP contribution in [-0.4, -0.2) is 40.2 Å². The van der Waals surface area contributed by atoms with Gasteiger partial charge in [0.2, 0.25) is 5.82 Å². The number of hydrogen-bond acceptors (Lipinski definition) is 4. The fourth-order valence-electron chi connectivity index (χ4n) is 1.92. The minimum Gasteiger partial charge on any atom is -0.345 e. The lowest BCUT2D eigenvalue weighted by molar-refractivity contribution is 0.0920. The van der Waals surface area contributed by atoms with E-state index in [-0.39, 0.29) is 23.2 Å². The van der Waals surface area contributed by atoms with E-state index in [1.165, 1.54) is 0 Å². The number of piperidine rings is 1. The molecule has 2 rings (SSSR count). The van der Waals surface area contributed by atoms with Crippen molar-refractivity contribution >= 4 is 5.91 Å². The molecule has 1 amide bonds. The van der Waals surface area contributed by atoms with Crippen LogP contribution in [0.1, 0.15) is 50.1 Å². The minimum absolute atomic E-state index is 0.127. The van der Waals surface area contributed by atoms with E-state index in [0.29, 0.717) is 0 Å². The van der Waals surface area contributed by atoms with Gasteiger partial charge in [0.15, 0.2) is 0 Å². The Morgan fingerprint density at radius 2 is 2.22 bits per heavy atom. The van der Waals surface area contributed by atoms with Crippen LogP contribution >= 0.6 is 0 Å². The number of amides is 1. The van der Waals surface area contributed by atoms with Crippen molar-refractivity contribution in [3.05, 3.63) is 11.6 Å². The normalized spacial score (nSPS) is 20.7. The third-order valence-corrected chi connectivity index (χ3v) is 3.03. The van der Waals surface area contributed by atoms with Crippen LogP contribution in [0.4, 0.5) is 0 Å². The Bertz CT molecular complexity index is 414. The lowest BCUT2D eigenvalue weighted by Gasteiger charge is -2.23. The average molecular weight is 251 g/mol. The molecule has 1 aromatic rings. The molecule has 0 aliphatic carbocycles. The first-order chi connectivity index (χ1) is 8.47. The molecule has 1 aromatic heterocycles. The number of rotatable bonds is 2. The van der Waals surface area contributed by atoms with Crippen molar-refractivity contribution in [2.45, 2.75) is 45.1 Å². The quantitative estimate of drug-likeness (QED) is 0.718. The summed E-state index contributed by atoms with van der Waals surface area (Å²) in [6, 6.07) is 0.183. The zero-order valence-corrected chi connectivity index (χ0v) is 11.2. The van der Waals surface area contributed by atoms with Crippen LogP contribution in [-0.2, 0) is 5.41 Å². The van der Waals surface area contributed by atoms with E-state index in [1.807, 2.05) is 20.8 Å². The molecule has 18 heavy (non-hydrogen) atoms. The molecule has 6 nitrogen and oxygen atoms in total. The van der Waals surface area contributed by atoms with E-state index in [4.69, 9.17) is 0 Å². The number of hydrogen-bond donors (Lipinski definition) is 3. The summed E-state index contributed by atoms with van der Waals surface area (Å²) in [5, 5.41) is 13.0. The molecular weight excluding hydrogens is 230 g/mol. The third kappa shape index (κ3) is 3.07. The molecule has 1 saturated heterocycles. The highest BCUT2D eigenvalue weighted by atomic mass is 16.2. The van der Waals surface area contributed by atoms with Crippen molar-refractivity contribution in [3.63, 3.8) is 0 Å². The van der Waals surface area contributed by atoms with Gasteiger partial charge >= 0.3 is 0 Å². The van der Waals surface area contributed by atoms with Gasteiger partial charge in [-0.15, -0.1) is 5.10 Å². The minimum atomic E-state index is -0.199. The second-order valence-electron chi connectivity index (χ2n) is 5.77. The predicted octanol–water partition coefficient (Wildman–Crippen LogP) is 0.584. The maximum Gasteiger partial charge on any atom is 0.291 e. The highest BCUT2D eigenvalue weighted by Crippen LogP contribution is 2.17. The summed E-state index contributed by atoms with van der Waals surface area (Å²) in [5.41, 5.74) is -0.127. The fourth-order valence-corrected chi connectivity index (χ4v) is 1.92. The van der Waals surface area contributed by atoms with Gasteiger partial charge in [0.05, 0.1) is 0 Å². The molecule has 0 aromatic carbocycles. The van der Waals surface area contributed by atoms with Crippen LogP contribution in [0.3, 0.4) is 0 Å².